The van der Waals surface area contributed by atoms with Gasteiger partial charge in [-0.2, -0.15) is 0 Å². The normalized spacial score (nSPS) is 21.1. The first-order valence-corrected chi connectivity index (χ1v) is 8.46. The molecule has 0 aromatic heterocycles. The quantitative estimate of drug-likeness (QED) is 0.543. The molecule has 126 valence electrons. The number of phenols is 2. The van der Waals surface area contributed by atoms with Crippen molar-refractivity contribution in [3.8, 4) is 11.5 Å². The Morgan fingerprint density at radius 3 is 2.52 bits per heavy atom. The first-order chi connectivity index (χ1) is 10.9. The molecule has 0 amide bonds. The fourth-order valence-corrected chi connectivity index (χ4v) is 3.54. The molecule has 23 heavy (non-hydrogen) atoms. The third-order valence-electron chi connectivity index (χ3n) is 4.80. The summed E-state index contributed by atoms with van der Waals surface area (Å²) in [6, 6.07) is 3.61. The van der Waals surface area contributed by atoms with E-state index in [1.54, 1.807) is 12.1 Å². The fourth-order valence-electron chi connectivity index (χ4n) is 3.54. The molecule has 3 N–H and O–H groups in total. The maximum Gasteiger partial charge on any atom is 0.123 e. The van der Waals surface area contributed by atoms with Crippen LogP contribution >= 0.6 is 0 Å². The molecule has 0 fully saturated rings. The molecule has 3 heteroatoms. The number of aryl methyl sites for hydroxylation is 1. The Morgan fingerprint density at radius 1 is 1.30 bits per heavy atom. The Balaban J connectivity index is 2.34. The van der Waals surface area contributed by atoms with Gasteiger partial charge in [-0.1, -0.05) is 23.8 Å². The van der Waals surface area contributed by atoms with E-state index in [4.69, 9.17) is 0 Å². The highest BCUT2D eigenvalue weighted by atomic mass is 16.3. The molecular formula is C20H29NO2. The lowest BCUT2D eigenvalue weighted by Gasteiger charge is -2.31. The van der Waals surface area contributed by atoms with E-state index in [1.165, 1.54) is 5.57 Å². The van der Waals surface area contributed by atoms with E-state index in [-0.39, 0.29) is 23.3 Å². The SMILES string of the molecule is C=C(C)[C@@H]1CCC(C)=C[C@H]1c1c(O)cc(CCCNC)cc1O. The zero-order valence-corrected chi connectivity index (χ0v) is 14.5. The maximum atomic E-state index is 10.5. The van der Waals surface area contributed by atoms with Gasteiger partial charge in [-0.25, -0.2) is 0 Å². The van der Waals surface area contributed by atoms with Crippen molar-refractivity contribution in [2.75, 3.05) is 13.6 Å². The lowest BCUT2D eigenvalue weighted by molar-refractivity contribution is 0.406. The lowest BCUT2D eigenvalue weighted by atomic mass is 9.73. The number of hydrogen-bond acceptors (Lipinski definition) is 3. The predicted octanol–water partition coefficient (Wildman–Crippen LogP) is 4.27. The summed E-state index contributed by atoms with van der Waals surface area (Å²) in [6.07, 6.45) is 6.07. The molecule has 1 aromatic rings. The largest absolute Gasteiger partial charge is 0.507 e. The van der Waals surface area contributed by atoms with Crippen LogP contribution in [-0.4, -0.2) is 23.8 Å². The number of nitrogens with one attached hydrogen (secondary N) is 1. The summed E-state index contributed by atoms with van der Waals surface area (Å²) >= 11 is 0. The Kier molecular flexibility index (Phi) is 5.89. The van der Waals surface area contributed by atoms with Crippen molar-refractivity contribution >= 4 is 0 Å². The standard InChI is InChI=1S/C20H29NO2/c1-13(2)16-8-7-14(3)10-17(16)20-18(22)11-15(12-19(20)23)6-5-9-21-4/h10-12,16-17,21-23H,1,5-9H2,2-4H3/t16-,17+/m0/s1. The predicted molar refractivity (Wildman–Crippen MR) is 96.1 cm³/mol. The zero-order chi connectivity index (χ0) is 17.0. The molecule has 2 rings (SSSR count). The van der Waals surface area contributed by atoms with Gasteiger partial charge in [0, 0.05) is 11.5 Å². The number of allylic oxidation sites excluding steroid dienone is 3. The molecule has 0 saturated heterocycles. The van der Waals surface area contributed by atoms with Crippen LogP contribution in [0.25, 0.3) is 0 Å². The van der Waals surface area contributed by atoms with Crippen molar-refractivity contribution in [1.29, 1.82) is 0 Å². The second kappa shape index (κ2) is 7.69. The summed E-state index contributed by atoms with van der Waals surface area (Å²) in [5.41, 5.74) is 4.04. The molecule has 0 aliphatic heterocycles. The second-order valence-electron chi connectivity index (χ2n) is 6.79. The van der Waals surface area contributed by atoms with E-state index in [1.807, 2.05) is 14.0 Å². The van der Waals surface area contributed by atoms with E-state index in [2.05, 4.69) is 24.9 Å². The molecule has 0 spiro atoms. The van der Waals surface area contributed by atoms with Crippen molar-refractivity contribution in [3.63, 3.8) is 0 Å². The first kappa shape index (κ1) is 17.6. The van der Waals surface area contributed by atoms with Crippen molar-refractivity contribution < 1.29 is 10.2 Å². The van der Waals surface area contributed by atoms with Gasteiger partial charge in [0.15, 0.2) is 0 Å². The molecular weight excluding hydrogens is 286 g/mol. The summed E-state index contributed by atoms with van der Waals surface area (Å²) in [4.78, 5) is 0. The average molecular weight is 315 g/mol. The van der Waals surface area contributed by atoms with E-state index in [0.29, 0.717) is 5.56 Å². The van der Waals surface area contributed by atoms with E-state index in [9.17, 15) is 10.2 Å². The van der Waals surface area contributed by atoms with Crippen molar-refractivity contribution in [2.24, 2.45) is 5.92 Å². The van der Waals surface area contributed by atoms with Gasteiger partial charge in [0.05, 0.1) is 0 Å². The van der Waals surface area contributed by atoms with Crippen LogP contribution in [-0.2, 0) is 6.42 Å². The summed E-state index contributed by atoms with van der Waals surface area (Å²) < 4.78 is 0. The maximum absolute atomic E-state index is 10.5. The lowest BCUT2D eigenvalue weighted by Crippen LogP contribution is -2.17. The van der Waals surface area contributed by atoms with E-state index >= 15 is 0 Å². The molecule has 1 aliphatic rings. The van der Waals surface area contributed by atoms with Crippen molar-refractivity contribution in [2.45, 2.75) is 45.4 Å². The Morgan fingerprint density at radius 2 is 1.96 bits per heavy atom. The van der Waals surface area contributed by atoms with Gasteiger partial charge in [0.2, 0.25) is 0 Å². The van der Waals surface area contributed by atoms with E-state index in [0.717, 1.165) is 43.4 Å². The van der Waals surface area contributed by atoms with Gasteiger partial charge in [-0.15, -0.1) is 0 Å². The minimum atomic E-state index is 0.00704. The molecule has 0 bridgehead atoms. The van der Waals surface area contributed by atoms with Crippen LogP contribution in [0.3, 0.4) is 0 Å². The minimum Gasteiger partial charge on any atom is -0.507 e. The van der Waals surface area contributed by atoms with Crippen LogP contribution in [0.15, 0.2) is 35.9 Å². The highest BCUT2D eigenvalue weighted by Gasteiger charge is 2.29. The summed E-state index contributed by atoms with van der Waals surface area (Å²) in [6.45, 7) is 9.18. The minimum absolute atomic E-state index is 0.00704. The first-order valence-electron chi connectivity index (χ1n) is 8.46. The van der Waals surface area contributed by atoms with Crippen molar-refractivity contribution in [1.82, 2.24) is 5.32 Å². The van der Waals surface area contributed by atoms with Crippen molar-refractivity contribution in [3.05, 3.63) is 47.1 Å². The summed E-state index contributed by atoms with van der Waals surface area (Å²) in [7, 11) is 1.92. The molecule has 2 atom stereocenters. The van der Waals surface area contributed by atoms with Gasteiger partial charge in [-0.3, -0.25) is 0 Å². The molecule has 0 radical (unpaired) electrons. The third-order valence-corrected chi connectivity index (χ3v) is 4.80. The summed E-state index contributed by atoms with van der Waals surface area (Å²) in [5.74, 6) is 0.677. The molecule has 1 aliphatic carbocycles. The monoisotopic (exact) mass is 315 g/mol. The van der Waals surface area contributed by atoms with Gasteiger partial charge in [0.1, 0.15) is 11.5 Å². The Hall–Kier alpha value is -1.74. The number of hydrogen-bond donors (Lipinski definition) is 3. The van der Waals surface area contributed by atoms with Gasteiger partial charge < -0.3 is 15.5 Å². The molecule has 1 aromatic carbocycles. The number of aromatic hydroxyl groups is 2. The number of rotatable bonds is 6. The molecule has 3 nitrogen and oxygen atoms in total. The molecule has 0 saturated carbocycles. The highest BCUT2D eigenvalue weighted by Crippen LogP contribution is 2.46. The topological polar surface area (TPSA) is 52.5 Å². The smallest absolute Gasteiger partial charge is 0.123 e. The number of benzene rings is 1. The number of phenolic OH excluding ortho intramolecular Hbond substituents is 2. The Labute approximate surface area is 139 Å². The van der Waals surface area contributed by atoms with Gasteiger partial charge in [0.25, 0.3) is 0 Å². The van der Waals surface area contributed by atoms with Crippen LogP contribution < -0.4 is 5.32 Å². The second-order valence-corrected chi connectivity index (χ2v) is 6.79. The average Bonchev–Trinajstić information content (AvgIpc) is 2.46. The van der Waals surface area contributed by atoms with Crippen LogP contribution in [0, 0.1) is 5.92 Å². The highest BCUT2D eigenvalue weighted by molar-refractivity contribution is 5.51. The van der Waals surface area contributed by atoms with Gasteiger partial charge in [-0.05, 0) is 76.7 Å². The van der Waals surface area contributed by atoms with Crippen LogP contribution in [0.4, 0.5) is 0 Å². The molecule has 0 heterocycles. The zero-order valence-electron chi connectivity index (χ0n) is 14.5. The Bertz CT molecular complexity index is 581. The summed E-state index contributed by atoms with van der Waals surface area (Å²) in [5, 5.41) is 24.2. The molecule has 0 unspecified atom stereocenters. The fraction of sp³-hybridized carbons (Fsp3) is 0.500. The van der Waals surface area contributed by atoms with E-state index < -0.39 is 0 Å². The van der Waals surface area contributed by atoms with Crippen LogP contribution in [0.5, 0.6) is 11.5 Å². The van der Waals surface area contributed by atoms with Crippen LogP contribution in [0.2, 0.25) is 0 Å². The van der Waals surface area contributed by atoms with Crippen LogP contribution in [0.1, 0.15) is 50.2 Å². The van der Waals surface area contributed by atoms with Gasteiger partial charge >= 0.3 is 0 Å². The third kappa shape index (κ3) is 4.17.